The van der Waals surface area contributed by atoms with E-state index in [9.17, 15) is 18.0 Å². The van der Waals surface area contributed by atoms with Crippen LogP contribution < -0.4 is 5.32 Å². The highest BCUT2D eigenvalue weighted by molar-refractivity contribution is 5.92. The minimum absolute atomic E-state index is 0.247. The first kappa shape index (κ1) is 13.6. The Morgan fingerprint density at radius 3 is 2.53 bits per heavy atom. The molecule has 0 bridgehead atoms. The van der Waals surface area contributed by atoms with Crippen LogP contribution in [0.1, 0.15) is 16.2 Å². The number of aliphatic hydroxyl groups excluding tert-OH is 1. The summed E-state index contributed by atoms with van der Waals surface area (Å²) in [5.41, 5.74) is 1.06. The van der Waals surface area contributed by atoms with Crippen molar-refractivity contribution in [3.63, 3.8) is 0 Å². The van der Waals surface area contributed by atoms with E-state index in [1.54, 1.807) is 24.6 Å². The average molecular weight is 250 g/mol. The van der Waals surface area contributed by atoms with Crippen LogP contribution in [0.25, 0.3) is 0 Å². The Balaban J connectivity index is 2.60. The molecular weight excluding hydrogens is 237 g/mol. The van der Waals surface area contributed by atoms with Crippen molar-refractivity contribution in [1.29, 1.82) is 0 Å². The first-order chi connectivity index (χ1) is 7.73. The van der Waals surface area contributed by atoms with Gasteiger partial charge in [0.15, 0.2) is 6.10 Å². The van der Waals surface area contributed by atoms with Gasteiger partial charge in [-0.25, -0.2) is 0 Å². The van der Waals surface area contributed by atoms with Crippen LogP contribution in [0.15, 0.2) is 12.1 Å². The Hall–Kier alpha value is -1.50. The topological polar surface area (TPSA) is 54.3 Å². The number of carbonyl (C=O) groups excluding carboxylic acids is 1. The molecule has 7 heteroatoms. The van der Waals surface area contributed by atoms with Gasteiger partial charge in [0.05, 0.1) is 6.54 Å². The summed E-state index contributed by atoms with van der Waals surface area (Å²) in [6.45, 7) is 0.911. The number of aryl methyl sites for hydroxylation is 1. The van der Waals surface area contributed by atoms with Crippen molar-refractivity contribution in [2.24, 2.45) is 7.05 Å². The standard InChI is InChI=1S/C10H13F3N2O2/c1-6-3-4-7(15(6)2)9(17)14-5-8(16)10(11,12)13/h3-4,8,16H,5H2,1-2H3,(H,14,17). The van der Waals surface area contributed by atoms with Gasteiger partial charge in [0.25, 0.3) is 5.91 Å². The third kappa shape index (κ3) is 3.23. The average Bonchev–Trinajstić information content (AvgIpc) is 2.54. The Bertz CT molecular complexity index is 412. The van der Waals surface area contributed by atoms with E-state index in [2.05, 4.69) is 0 Å². The second kappa shape index (κ2) is 4.79. The van der Waals surface area contributed by atoms with Crippen LogP contribution in [-0.4, -0.2) is 34.4 Å². The highest BCUT2D eigenvalue weighted by Crippen LogP contribution is 2.19. The summed E-state index contributed by atoms with van der Waals surface area (Å²) >= 11 is 0. The lowest BCUT2D eigenvalue weighted by molar-refractivity contribution is -0.201. The van der Waals surface area contributed by atoms with E-state index in [0.29, 0.717) is 0 Å². The van der Waals surface area contributed by atoms with E-state index in [4.69, 9.17) is 5.11 Å². The maximum atomic E-state index is 12.0. The fraction of sp³-hybridized carbons (Fsp3) is 0.500. The predicted molar refractivity (Wildman–Crippen MR) is 54.5 cm³/mol. The molecular formula is C10H13F3N2O2. The van der Waals surface area contributed by atoms with E-state index in [-0.39, 0.29) is 5.69 Å². The Labute approximate surface area is 96.0 Å². The van der Waals surface area contributed by atoms with Gasteiger partial charge in [-0.3, -0.25) is 4.79 Å². The van der Waals surface area contributed by atoms with Crippen LogP contribution in [0.2, 0.25) is 0 Å². The van der Waals surface area contributed by atoms with Crippen molar-refractivity contribution in [2.75, 3.05) is 6.54 Å². The van der Waals surface area contributed by atoms with E-state index in [1.807, 2.05) is 5.32 Å². The molecule has 1 amide bonds. The number of hydrogen-bond donors (Lipinski definition) is 2. The Morgan fingerprint density at radius 2 is 2.12 bits per heavy atom. The van der Waals surface area contributed by atoms with Gasteiger partial charge in [-0.05, 0) is 19.1 Å². The molecule has 1 unspecified atom stereocenters. The van der Waals surface area contributed by atoms with Crippen molar-refractivity contribution < 1.29 is 23.1 Å². The van der Waals surface area contributed by atoms with Gasteiger partial charge in [-0.2, -0.15) is 13.2 Å². The third-order valence-electron chi connectivity index (χ3n) is 2.44. The van der Waals surface area contributed by atoms with Gasteiger partial charge < -0.3 is 15.0 Å². The molecule has 4 nitrogen and oxygen atoms in total. The van der Waals surface area contributed by atoms with E-state index < -0.39 is 24.7 Å². The van der Waals surface area contributed by atoms with Crippen molar-refractivity contribution >= 4 is 5.91 Å². The number of hydrogen-bond acceptors (Lipinski definition) is 2. The summed E-state index contributed by atoms with van der Waals surface area (Å²) in [4.78, 5) is 11.5. The highest BCUT2D eigenvalue weighted by Gasteiger charge is 2.38. The van der Waals surface area contributed by atoms with E-state index >= 15 is 0 Å². The molecule has 0 spiro atoms. The zero-order valence-electron chi connectivity index (χ0n) is 9.38. The van der Waals surface area contributed by atoms with Crippen LogP contribution >= 0.6 is 0 Å². The molecule has 2 N–H and O–H groups in total. The number of alkyl halides is 3. The SMILES string of the molecule is Cc1ccc(C(=O)NCC(O)C(F)(F)F)n1C. The van der Waals surface area contributed by atoms with Gasteiger partial charge >= 0.3 is 6.18 Å². The molecule has 0 aliphatic carbocycles. The van der Waals surface area contributed by atoms with Gasteiger partial charge in [0, 0.05) is 12.7 Å². The molecule has 1 atom stereocenters. The van der Waals surface area contributed by atoms with Crippen LogP contribution in [-0.2, 0) is 7.05 Å². The number of aromatic nitrogens is 1. The molecule has 0 aliphatic heterocycles. The summed E-state index contributed by atoms with van der Waals surface area (Å²) in [7, 11) is 1.63. The van der Waals surface area contributed by atoms with Gasteiger partial charge in [-0.1, -0.05) is 0 Å². The molecule has 17 heavy (non-hydrogen) atoms. The number of halogens is 3. The molecule has 0 saturated carbocycles. The number of nitrogens with zero attached hydrogens (tertiary/aromatic N) is 1. The monoisotopic (exact) mass is 250 g/mol. The van der Waals surface area contributed by atoms with E-state index in [1.165, 1.54) is 6.07 Å². The maximum Gasteiger partial charge on any atom is 0.416 e. The lowest BCUT2D eigenvalue weighted by Gasteiger charge is -2.15. The predicted octanol–water partition coefficient (Wildman–Crippen LogP) is 0.987. The first-order valence-corrected chi connectivity index (χ1v) is 4.88. The Morgan fingerprint density at radius 1 is 1.53 bits per heavy atom. The second-order valence-electron chi connectivity index (χ2n) is 3.69. The van der Waals surface area contributed by atoms with Crippen molar-refractivity contribution in [3.05, 3.63) is 23.5 Å². The summed E-state index contributed by atoms with van der Waals surface area (Å²) in [5.74, 6) is -0.649. The van der Waals surface area contributed by atoms with Crippen LogP contribution in [0.3, 0.4) is 0 Å². The number of nitrogens with one attached hydrogen (secondary N) is 1. The molecule has 0 saturated heterocycles. The first-order valence-electron chi connectivity index (χ1n) is 4.88. The third-order valence-corrected chi connectivity index (χ3v) is 2.44. The van der Waals surface area contributed by atoms with Crippen LogP contribution in [0, 0.1) is 6.92 Å². The lowest BCUT2D eigenvalue weighted by Crippen LogP contribution is -2.41. The quantitative estimate of drug-likeness (QED) is 0.840. The van der Waals surface area contributed by atoms with Crippen molar-refractivity contribution in [2.45, 2.75) is 19.2 Å². The molecule has 0 aromatic carbocycles. The smallest absolute Gasteiger partial charge is 0.382 e. The zero-order chi connectivity index (χ0) is 13.2. The van der Waals surface area contributed by atoms with Gasteiger partial charge in [0.1, 0.15) is 5.69 Å². The molecule has 1 aromatic heterocycles. The molecule has 1 aromatic rings. The molecule has 1 heterocycles. The van der Waals surface area contributed by atoms with Gasteiger partial charge in [0.2, 0.25) is 0 Å². The molecule has 0 fully saturated rings. The molecule has 1 rings (SSSR count). The molecule has 96 valence electrons. The number of rotatable bonds is 3. The summed E-state index contributed by atoms with van der Waals surface area (Å²) < 4.78 is 37.5. The summed E-state index contributed by atoms with van der Waals surface area (Å²) in [6, 6.07) is 3.18. The number of carbonyl (C=O) groups is 1. The second-order valence-corrected chi connectivity index (χ2v) is 3.69. The largest absolute Gasteiger partial charge is 0.416 e. The summed E-state index contributed by atoms with van der Waals surface area (Å²) in [5, 5.41) is 10.7. The van der Waals surface area contributed by atoms with Crippen molar-refractivity contribution in [1.82, 2.24) is 9.88 Å². The van der Waals surface area contributed by atoms with E-state index in [0.717, 1.165) is 5.69 Å². The Kier molecular flexibility index (Phi) is 3.82. The minimum Gasteiger partial charge on any atom is -0.382 e. The fourth-order valence-electron chi connectivity index (χ4n) is 1.24. The zero-order valence-corrected chi connectivity index (χ0v) is 9.38. The van der Waals surface area contributed by atoms with Gasteiger partial charge in [-0.15, -0.1) is 0 Å². The normalized spacial score (nSPS) is 13.5. The van der Waals surface area contributed by atoms with Crippen LogP contribution in [0.4, 0.5) is 13.2 Å². The molecule has 0 aliphatic rings. The number of amides is 1. The fourth-order valence-corrected chi connectivity index (χ4v) is 1.24. The van der Waals surface area contributed by atoms with Crippen LogP contribution in [0.5, 0.6) is 0 Å². The highest BCUT2D eigenvalue weighted by atomic mass is 19.4. The number of aliphatic hydroxyl groups is 1. The maximum absolute atomic E-state index is 12.0. The van der Waals surface area contributed by atoms with Crippen molar-refractivity contribution in [3.8, 4) is 0 Å². The molecule has 0 radical (unpaired) electrons. The lowest BCUT2D eigenvalue weighted by atomic mass is 10.3. The summed E-state index contributed by atoms with van der Waals surface area (Å²) in [6.07, 6.45) is -7.27. The minimum atomic E-state index is -4.72.